The lowest BCUT2D eigenvalue weighted by atomic mass is 10.1. The number of para-hydroxylation sites is 1. The molecule has 0 radical (unpaired) electrons. The zero-order valence-electron chi connectivity index (χ0n) is 15.7. The zero-order valence-corrected chi connectivity index (χ0v) is 15.7. The number of rotatable bonds is 12. The van der Waals surface area contributed by atoms with Crippen LogP contribution in [0.5, 0.6) is 0 Å². The summed E-state index contributed by atoms with van der Waals surface area (Å²) in [4.78, 5) is 9.26. The van der Waals surface area contributed by atoms with E-state index in [-0.39, 0.29) is 0 Å². The minimum atomic E-state index is 0.669. The molecule has 136 valence electrons. The lowest BCUT2D eigenvalue weighted by molar-refractivity contribution is 0.616. The molecule has 0 aliphatic heterocycles. The maximum Gasteiger partial charge on any atom is 0.229 e. The van der Waals surface area contributed by atoms with Crippen molar-refractivity contribution in [2.75, 3.05) is 17.2 Å². The van der Waals surface area contributed by atoms with Crippen LogP contribution in [0.4, 0.5) is 17.5 Å². The smallest absolute Gasteiger partial charge is 0.229 e. The van der Waals surface area contributed by atoms with Crippen molar-refractivity contribution in [3.05, 3.63) is 42.1 Å². The Balaban J connectivity index is 1.90. The highest BCUT2D eigenvalue weighted by Crippen LogP contribution is 2.17. The van der Waals surface area contributed by atoms with Crippen molar-refractivity contribution in [1.82, 2.24) is 9.97 Å². The molecule has 0 unspecified atom stereocenters. The minimum absolute atomic E-state index is 0.669. The fourth-order valence-corrected chi connectivity index (χ4v) is 2.80. The van der Waals surface area contributed by atoms with Gasteiger partial charge in [-0.2, -0.15) is 4.98 Å². The average molecular weight is 341 g/mol. The molecule has 1 aromatic carbocycles. The first-order valence-electron chi connectivity index (χ1n) is 9.75. The Morgan fingerprint density at radius 3 is 2.36 bits per heavy atom. The normalized spacial score (nSPS) is 10.6. The minimum Gasteiger partial charge on any atom is -0.370 e. The molecule has 25 heavy (non-hydrogen) atoms. The molecule has 0 saturated carbocycles. The van der Waals surface area contributed by atoms with Crippen LogP contribution in [0.3, 0.4) is 0 Å². The predicted molar refractivity (Wildman–Crippen MR) is 108 cm³/mol. The van der Waals surface area contributed by atoms with Crippen LogP contribution in [0.1, 0.15) is 64.5 Å². The zero-order chi connectivity index (χ0) is 17.7. The molecule has 2 aromatic rings. The molecule has 0 aliphatic rings. The van der Waals surface area contributed by atoms with Gasteiger partial charge in [0.25, 0.3) is 0 Å². The van der Waals surface area contributed by atoms with Crippen LogP contribution in [0, 0.1) is 0 Å². The number of benzene rings is 1. The molecule has 4 heteroatoms. The van der Waals surface area contributed by atoms with Crippen molar-refractivity contribution >= 4 is 17.5 Å². The summed E-state index contributed by atoms with van der Waals surface area (Å²) in [5.41, 5.74) is 2.10. The lowest BCUT2D eigenvalue weighted by Crippen LogP contribution is -2.08. The van der Waals surface area contributed by atoms with E-state index >= 15 is 0 Å². The molecule has 0 amide bonds. The van der Waals surface area contributed by atoms with Crippen molar-refractivity contribution in [3.63, 3.8) is 0 Å². The molecule has 1 aromatic heterocycles. The molecular weight excluding hydrogens is 308 g/mol. The van der Waals surface area contributed by atoms with Gasteiger partial charge in [0.1, 0.15) is 5.82 Å². The Hall–Kier alpha value is -2.10. The Bertz CT molecular complexity index is 598. The van der Waals surface area contributed by atoms with Crippen LogP contribution >= 0.6 is 0 Å². The molecule has 4 nitrogen and oxygen atoms in total. The van der Waals surface area contributed by atoms with Crippen molar-refractivity contribution in [2.24, 2.45) is 0 Å². The number of nitrogens with zero attached hydrogens (tertiary/aromatic N) is 2. The van der Waals surface area contributed by atoms with Gasteiger partial charge in [-0.15, -0.1) is 0 Å². The summed E-state index contributed by atoms with van der Waals surface area (Å²) in [5.74, 6) is 1.59. The van der Waals surface area contributed by atoms with Crippen LogP contribution in [-0.4, -0.2) is 16.5 Å². The van der Waals surface area contributed by atoms with Crippen molar-refractivity contribution in [2.45, 2.75) is 65.2 Å². The molecule has 0 saturated heterocycles. The summed E-state index contributed by atoms with van der Waals surface area (Å²) in [7, 11) is 0. The van der Waals surface area contributed by atoms with E-state index in [0.717, 1.165) is 36.6 Å². The van der Waals surface area contributed by atoms with E-state index < -0.39 is 0 Å². The highest BCUT2D eigenvalue weighted by Gasteiger charge is 2.05. The number of aryl methyl sites for hydroxylation is 1. The molecule has 1 heterocycles. The van der Waals surface area contributed by atoms with Crippen LogP contribution in [0.15, 0.2) is 36.4 Å². The first-order chi connectivity index (χ1) is 12.3. The van der Waals surface area contributed by atoms with Crippen LogP contribution in [0.2, 0.25) is 0 Å². The fourth-order valence-electron chi connectivity index (χ4n) is 2.80. The standard InChI is InChI=1S/C21H32N4/c1-3-5-6-7-8-12-16-22-20-17-19(13-4-2)24-21(25-20)23-18-14-10-9-11-15-18/h9-11,14-15,17H,3-8,12-13,16H2,1-2H3,(H2,22,23,24,25). The first-order valence-corrected chi connectivity index (χ1v) is 9.75. The number of unbranched alkanes of at least 4 members (excludes halogenated alkanes) is 5. The second kappa shape index (κ2) is 11.5. The average Bonchev–Trinajstić information content (AvgIpc) is 2.62. The van der Waals surface area contributed by atoms with Gasteiger partial charge >= 0.3 is 0 Å². The third kappa shape index (κ3) is 7.55. The summed E-state index contributed by atoms with van der Waals surface area (Å²) in [6, 6.07) is 12.2. The summed E-state index contributed by atoms with van der Waals surface area (Å²) in [6.45, 7) is 5.40. The molecule has 0 bridgehead atoms. The number of hydrogen-bond donors (Lipinski definition) is 2. The second-order valence-electron chi connectivity index (χ2n) is 6.50. The van der Waals surface area contributed by atoms with E-state index in [1.165, 1.54) is 38.5 Å². The Kier molecular flexibility index (Phi) is 8.81. The Labute approximate surface area is 152 Å². The molecule has 2 N–H and O–H groups in total. The van der Waals surface area contributed by atoms with Gasteiger partial charge in [-0.3, -0.25) is 0 Å². The predicted octanol–water partition coefficient (Wildman–Crippen LogP) is 5.95. The summed E-state index contributed by atoms with van der Waals surface area (Å²) < 4.78 is 0. The van der Waals surface area contributed by atoms with Gasteiger partial charge in [0, 0.05) is 24.0 Å². The van der Waals surface area contributed by atoms with Gasteiger partial charge < -0.3 is 10.6 Å². The Morgan fingerprint density at radius 1 is 0.840 bits per heavy atom. The first kappa shape index (κ1) is 19.2. The maximum atomic E-state index is 4.63. The number of hydrogen-bond acceptors (Lipinski definition) is 4. The fraction of sp³-hybridized carbons (Fsp3) is 0.524. The summed E-state index contributed by atoms with van der Waals surface area (Å²) in [6.07, 6.45) is 9.88. The third-order valence-corrected chi connectivity index (χ3v) is 4.15. The van der Waals surface area contributed by atoms with Gasteiger partial charge in [0.05, 0.1) is 0 Å². The van der Waals surface area contributed by atoms with Gasteiger partial charge in [-0.05, 0) is 25.0 Å². The summed E-state index contributed by atoms with van der Waals surface area (Å²) in [5, 5.41) is 6.78. The van der Waals surface area contributed by atoms with E-state index in [1.807, 2.05) is 30.3 Å². The van der Waals surface area contributed by atoms with Crippen LogP contribution in [0.25, 0.3) is 0 Å². The summed E-state index contributed by atoms with van der Waals surface area (Å²) >= 11 is 0. The number of aromatic nitrogens is 2. The highest BCUT2D eigenvalue weighted by atomic mass is 15.1. The third-order valence-electron chi connectivity index (χ3n) is 4.15. The molecule has 2 rings (SSSR count). The molecule has 0 fully saturated rings. The molecular formula is C21H32N4. The SMILES string of the molecule is CCCCCCCCNc1cc(CCC)nc(Nc2ccccc2)n1. The van der Waals surface area contributed by atoms with Crippen molar-refractivity contribution in [3.8, 4) is 0 Å². The molecule has 0 atom stereocenters. The van der Waals surface area contributed by atoms with Crippen molar-refractivity contribution < 1.29 is 0 Å². The Morgan fingerprint density at radius 2 is 1.60 bits per heavy atom. The number of nitrogens with one attached hydrogen (secondary N) is 2. The largest absolute Gasteiger partial charge is 0.370 e. The van der Waals surface area contributed by atoms with Crippen molar-refractivity contribution in [1.29, 1.82) is 0 Å². The quantitative estimate of drug-likeness (QED) is 0.469. The van der Waals surface area contributed by atoms with Crippen LogP contribution in [-0.2, 0) is 6.42 Å². The van der Waals surface area contributed by atoms with Gasteiger partial charge in [-0.1, -0.05) is 70.6 Å². The van der Waals surface area contributed by atoms with E-state index in [1.54, 1.807) is 0 Å². The number of anilines is 3. The van der Waals surface area contributed by atoms with E-state index in [4.69, 9.17) is 0 Å². The molecule has 0 spiro atoms. The van der Waals surface area contributed by atoms with Crippen LogP contribution < -0.4 is 10.6 Å². The van der Waals surface area contributed by atoms with E-state index in [2.05, 4.69) is 40.5 Å². The lowest BCUT2D eigenvalue weighted by Gasteiger charge is -2.11. The highest BCUT2D eigenvalue weighted by molar-refractivity contribution is 5.55. The molecule has 0 aliphatic carbocycles. The maximum absolute atomic E-state index is 4.63. The monoisotopic (exact) mass is 340 g/mol. The van der Waals surface area contributed by atoms with E-state index in [0.29, 0.717) is 5.95 Å². The van der Waals surface area contributed by atoms with Gasteiger partial charge in [0.15, 0.2) is 0 Å². The van der Waals surface area contributed by atoms with Gasteiger partial charge in [-0.25, -0.2) is 4.98 Å². The topological polar surface area (TPSA) is 49.8 Å². The van der Waals surface area contributed by atoms with Gasteiger partial charge in [0.2, 0.25) is 5.95 Å². The second-order valence-corrected chi connectivity index (χ2v) is 6.50. The van der Waals surface area contributed by atoms with E-state index in [9.17, 15) is 0 Å².